The number of pyridine rings is 1. The lowest BCUT2D eigenvalue weighted by Gasteiger charge is -2.15. The molecule has 1 heterocycles. The van der Waals surface area contributed by atoms with E-state index in [0.717, 1.165) is 15.9 Å². The standard InChI is InChI=1S/C8H12BrN3/c1-5-6(10)4-11-8(7(5)9)12(2)3/h4H,10H2,1-3H3. The lowest BCUT2D eigenvalue weighted by Crippen LogP contribution is -2.12. The fourth-order valence-electron chi connectivity index (χ4n) is 0.890. The molecule has 0 amide bonds. The Morgan fingerprint density at radius 2 is 2.08 bits per heavy atom. The van der Waals surface area contributed by atoms with Gasteiger partial charge in [0, 0.05) is 14.1 Å². The van der Waals surface area contributed by atoms with E-state index in [4.69, 9.17) is 5.73 Å². The van der Waals surface area contributed by atoms with Gasteiger partial charge in [-0.1, -0.05) is 0 Å². The normalized spacial score (nSPS) is 10.0. The molecular formula is C8H12BrN3. The average Bonchev–Trinajstić information content (AvgIpc) is 2.00. The molecule has 0 aliphatic heterocycles. The van der Waals surface area contributed by atoms with Crippen LogP contribution in [0, 0.1) is 6.92 Å². The summed E-state index contributed by atoms with van der Waals surface area (Å²) in [6.45, 7) is 1.97. The Bertz CT molecular complexity index is 297. The highest BCUT2D eigenvalue weighted by molar-refractivity contribution is 9.10. The van der Waals surface area contributed by atoms with E-state index in [-0.39, 0.29) is 0 Å². The van der Waals surface area contributed by atoms with Gasteiger partial charge in [0.25, 0.3) is 0 Å². The first-order valence-corrected chi connectivity index (χ1v) is 4.41. The number of hydrogen-bond donors (Lipinski definition) is 1. The number of hydrogen-bond acceptors (Lipinski definition) is 3. The molecule has 0 unspecified atom stereocenters. The summed E-state index contributed by atoms with van der Waals surface area (Å²) in [7, 11) is 3.89. The van der Waals surface area contributed by atoms with E-state index in [2.05, 4.69) is 20.9 Å². The minimum Gasteiger partial charge on any atom is -0.397 e. The van der Waals surface area contributed by atoms with E-state index in [0.29, 0.717) is 5.69 Å². The molecule has 4 heteroatoms. The molecular weight excluding hydrogens is 218 g/mol. The van der Waals surface area contributed by atoms with Crippen molar-refractivity contribution in [1.29, 1.82) is 0 Å². The Morgan fingerprint density at radius 1 is 1.50 bits per heavy atom. The maximum atomic E-state index is 5.68. The number of halogens is 1. The maximum Gasteiger partial charge on any atom is 0.142 e. The molecule has 0 fully saturated rings. The summed E-state index contributed by atoms with van der Waals surface area (Å²) < 4.78 is 0.965. The monoisotopic (exact) mass is 229 g/mol. The van der Waals surface area contributed by atoms with Gasteiger partial charge in [-0.3, -0.25) is 0 Å². The van der Waals surface area contributed by atoms with Crippen LogP contribution in [0.1, 0.15) is 5.56 Å². The van der Waals surface area contributed by atoms with Gasteiger partial charge in [0.1, 0.15) is 5.82 Å². The van der Waals surface area contributed by atoms with Crippen molar-refractivity contribution >= 4 is 27.4 Å². The molecule has 0 spiro atoms. The molecule has 1 aromatic rings. The summed E-state index contributed by atoms with van der Waals surface area (Å²) in [5.74, 6) is 0.904. The molecule has 0 aromatic carbocycles. The summed E-state index contributed by atoms with van der Waals surface area (Å²) in [5.41, 5.74) is 7.43. The first kappa shape index (κ1) is 9.32. The highest BCUT2D eigenvalue weighted by Gasteiger charge is 2.07. The van der Waals surface area contributed by atoms with Gasteiger partial charge in [0.2, 0.25) is 0 Å². The zero-order chi connectivity index (χ0) is 9.30. The van der Waals surface area contributed by atoms with Crippen molar-refractivity contribution in [2.45, 2.75) is 6.92 Å². The molecule has 0 saturated heterocycles. The van der Waals surface area contributed by atoms with Gasteiger partial charge in [-0.05, 0) is 28.4 Å². The summed E-state index contributed by atoms with van der Waals surface area (Å²) in [6, 6.07) is 0. The Balaban J connectivity index is 3.27. The molecule has 0 atom stereocenters. The minimum absolute atomic E-state index is 0.715. The van der Waals surface area contributed by atoms with Gasteiger partial charge >= 0.3 is 0 Å². The lowest BCUT2D eigenvalue weighted by molar-refractivity contribution is 1.05. The van der Waals surface area contributed by atoms with Crippen LogP contribution in [0.25, 0.3) is 0 Å². The van der Waals surface area contributed by atoms with Crippen LogP contribution in [0.2, 0.25) is 0 Å². The molecule has 0 aliphatic carbocycles. The van der Waals surface area contributed by atoms with E-state index in [1.165, 1.54) is 0 Å². The van der Waals surface area contributed by atoms with Gasteiger partial charge in [0.15, 0.2) is 0 Å². The number of nitrogens with zero attached hydrogens (tertiary/aromatic N) is 2. The van der Waals surface area contributed by atoms with Gasteiger partial charge in [-0.15, -0.1) is 0 Å². The van der Waals surface area contributed by atoms with E-state index in [9.17, 15) is 0 Å². The van der Waals surface area contributed by atoms with Gasteiger partial charge in [-0.25, -0.2) is 4.98 Å². The SMILES string of the molecule is Cc1c(N)cnc(N(C)C)c1Br. The second-order valence-electron chi connectivity index (χ2n) is 2.87. The second-order valence-corrected chi connectivity index (χ2v) is 3.66. The first-order valence-electron chi connectivity index (χ1n) is 3.62. The van der Waals surface area contributed by atoms with E-state index in [1.54, 1.807) is 6.20 Å². The van der Waals surface area contributed by atoms with Crippen LogP contribution < -0.4 is 10.6 Å². The van der Waals surface area contributed by atoms with Gasteiger partial charge in [0.05, 0.1) is 16.4 Å². The molecule has 1 aromatic heterocycles. The Labute approximate surface area is 80.7 Å². The van der Waals surface area contributed by atoms with Crippen molar-refractivity contribution in [2.24, 2.45) is 0 Å². The zero-order valence-electron chi connectivity index (χ0n) is 7.43. The highest BCUT2D eigenvalue weighted by Crippen LogP contribution is 2.28. The summed E-state index contributed by atoms with van der Waals surface area (Å²) in [5, 5.41) is 0. The van der Waals surface area contributed by atoms with Crippen molar-refractivity contribution in [3.8, 4) is 0 Å². The predicted octanol–water partition coefficient (Wildman–Crippen LogP) is 1.80. The van der Waals surface area contributed by atoms with Crippen LogP contribution in [0.5, 0.6) is 0 Å². The van der Waals surface area contributed by atoms with E-state index >= 15 is 0 Å². The molecule has 0 radical (unpaired) electrons. The van der Waals surface area contributed by atoms with E-state index in [1.807, 2.05) is 25.9 Å². The fraction of sp³-hybridized carbons (Fsp3) is 0.375. The molecule has 12 heavy (non-hydrogen) atoms. The van der Waals surface area contributed by atoms with Crippen LogP contribution >= 0.6 is 15.9 Å². The van der Waals surface area contributed by atoms with E-state index < -0.39 is 0 Å². The molecule has 0 bridgehead atoms. The molecule has 0 aliphatic rings. The van der Waals surface area contributed by atoms with Crippen molar-refractivity contribution in [2.75, 3.05) is 24.7 Å². The summed E-state index contributed by atoms with van der Waals surface area (Å²) in [6.07, 6.45) is 1.68. The lowest BCUT2D eigenvalue weighted by atomic mass is 10.2. The largest absolute Gasteiger partial charge is 0.397 e. The second kappa shape index (κ2) is 3.31. The van der Waals surface area contributed by atoms with Crippen molar-refractivity contribution in [3.05, 3.63) is 16.2 Å². The number of anilines is 2. The molecule has 2 N–H and O–H groups in total. The van der Waals surface area contributed by atoms with Crippen molar-refractivity contribution in [3.63, 3.8) is 0 Å². The number of nitrogen functional groups attached to an aromatic ring is 1. The quantitative estimate of drug-likeness (QED) is 0.799. The Morgan fingerprint density at radius 3 is 2.58 bits per heavy atom. The Kier molecular flexibility index (Phi) is 2.57. The Hall–Kier alpha value is -0.770. The number of rotatable bonds is 1. The topological polar surface area (TPSA) is 42.1 Å². The van der Waals surface area contributed by atoms with Crippen LogP contribution in [0.15, 0.2) is 10.7 Å². The van der Waals surface area contributed by atoms with Crippen molar-refractivity contribution < 1.29 is 0 Å². The van der Waals surface area contributed by atoms with Crippen LogP contribution in [0.3, 0.4) is 0 Å². The highest BCUT2D eigenvalue weighted by atomic mass is 79.9. The maximum absolute atomic E-state index is 5.68. The summed E-state index contributed by atoms with van der Waals surface area (Å²) >= 11 is 3.45. The first-order chi connectivity index (χ1) is 5.54. The molecule has 66 valence electrons. The van der Waals surface area contributed by atoms with Crippen LogP contribution in [-0.4, -0.2) is 19.1 Å². The fourth-order valence-corrected chi connectivity index (χ4v) is 1.58. The third kappa shape index (κ3) is 1.53. The van der Waals surface area contributed by atoms with Crippen molar-refractivity contribution in [1.82, 2.24) is 4.98 Å². The predicted molar refractivity (Wildman–Crippen MR) is 55.4 cm³/mol. The number of nitrogens with two attached hydrogens (primary N) is 1. The van der Waals surface area contributed by atoms with Crippen LogP contribution in [0.4, 0.5) is 11.5 Å². The molecule has 1 rings (SSSR count). The smallest absolute Gasteiger partial charge is 0.142 e. The van der Waals surface area contributed by atoms with Gasteiger partial charge in [-0.2, -0.15) is 0 Å². The number of aromatic nitrogens is 1. The third-order valence-corrected chi connectivity index (χ3v) is 2.66. The minimum atomic E-state index is 0.715. The molecule has 0 saturated carbocycles. The average molecular weight is 230 g/mol. The van der Waals surface area contributed by atoms with Crippen LogP contribution in [-0.2, 0) is 0 Å². The zero-order valence-corrected chi connectivity index (χ0v) is 9.01. The van der Waals surface area contributed by atoms with Gasteiger partial charge < -0.3 is 10.6 Å². The molecule has 3 nitrogen and oxygen atoms in total. The summed E-state index contributed by atoms with van der Waals surface area (Å²) in [4.78, 5) is 6.13. The third-order valence-electron chi connectivity index (χ3n) is 1.71.